The summed E-state index contributed by atoms with van der Waals surface area (Å²) >= 11 is 0. The van der Waals surface area contributed by atoms with Gasteiger partial charge < -0.3 is 20.1 Å². The molecule has 1 saturated carbocycles. The molecule has 1 heterocycles. The summed E-state index contributed by atoms with van der Waals surface area (Å²) in [6.07, 6.45) is 6.72. The lowest BCUT2D eigenvalue weighted by atomic mass is 10.3. The third-order valence-corrected chi connectivity index (χ3v) is 4.32. The van der Waals surface area contributed by atoms with Crippen LogP contribution in [0.2, 0.25) is 0 Å². The smallest absolute Gasteiger partial charge is 0.191 e. The van der Waals surface area contributed by atoms with Crippen LogP contribution in [0.25, 0.3) is 0 Å². The number of halogens is 1. The zero-order valence-electron chi connectivity index (χ0n) is 14.4. The highest BCUT2D eigenvalue weighted by atomic mass is 127. The Morgan fingerprint density at radius 3 is 2.57 bits per heavy atom. The molecule has 2 N–H and O–H groups in total. The molecule has 1 aliphatic heterocycles. The van der Waals surface area contributed by atoms with Crippen molar-refractivity contribution in [2.75, 3.05) is 59.6 Å². The van der Waals surface area contributed by atoms with Crippen molar-refractivity contribution >= 4 is 29.9 Å². The molecule has 0 aromatic carbocycles. The number of nitrogens with one attached hydrogen (secondary N) is 2. The van der Waals surface area contributed by atoms with Gasteiger partial charge in [-0.15, -0.1) is 24.0 Å². The molecule has 23 heavy (non-hydrogen) atoms. The maximum atomic E-state index is 5.86. The molecule has 2 fully saturated rings. The highest BCUT2D eigenvalue weighted by Crippen LogP contribution is 2.20. The van der Waals surface area contributed by atoms with E-state index in [1.54, 1.807) is 0 Å². The van der Waals surface area contributed by atoms with E-state index in [0.29, 0.717) is 6.10 Å². The first kappa shape index (κ1) is 20.9. The molecule has 2 rings (SSSR count). The van der Waals surface area contributed by atoms with E-state index >= 15 is 0 Å². The van der Waals surface area contributed by atoms with Gasteiger partial charge in [0.2, 0.25) is 0 Å². The molecule has 2 aliphatic rings. The fourth-order valence-corrected chi connectivity index (χ4v) is 2.96. The topological polar surface area (TPSA) is 58.1 Å². The molecular weight excluding hydrogens is 407 g/mol. The Hall–Kier alpha value is -0.120. The molecule has 0 atom stereocenters. The van der Waals surface area contributed by atoms with Crippen LogP contribution in [0.5, 0.6) is 0 Å². The third-order valence-electron chi connectivity index (χ3n) is 4.32. The zero-order valence-corrected chi connectivity index (χ0v) is 16.7. The van der Waals surface area contributed by atoms with Gasteiger partial charge in [-0.1, -0.05) is 12.8 Å². The van der Waals surface area contributed by atoms with Crippen molar-refractivity contribution in [2.24, 2.45) is 4.99 Å². The molecule has 1 aliphatic carbocycles. The number of aliphatic imine (C=N–C) groups is 1. The van der Waals surface area contributed by atoms with Crippen molar-refractivity contribution < 1.29 is 9.47 Å². The predicted molar refractivity (Wildman–Crippen MR) is 105 cm³/mol. The monoisotopic (exact) mass is 440 g/mol. The number of ether oxygens (including phenoxy) is 2. The molecule has 0 spiro atoms. The Kier molecular flexibility index (Phi) is 12.0. The lowest BCUT2D eigenvalue weighted by Crippen LogP contribution is -2.44. The van der Waals surface area contributed by atoms with Crippen LogP contribution < -0.4 is 10.6 Å². The minimum Gasteiger partial charge on any atom is -0.379 e. The van der Waals surface area contributed by atoms with Crippen molar-refractivity contribution in [1.29, 1.82) is 0 Å². The third kappa shape index (κ3) is 9.07. The van der Waals surface area contributed by atoms with Crippen molar-refractivity contribution in [3.8, 4) is 0 Å². The summed E-state index contributed by atoms with van der Waals surface area (Å²) in [5.41, 5.74) is 0. The van der Waals surface area contributed by atoms with Crippen molar-refractivity contribution in [1.82, 2.24) is 15.5 Å². The van der Waals surface area contributed by atoms with Crippen LogP contribution in [0.3, 0.4) is 0 Å². The highest BCUT2D eigenvalue weighted by Gasteiger charge is 2.14. The summed E-state index contributed by atoms with van der Waals surface area (Å²) in [7, 11) is 1.82. The van der Waals surface area contributed by atoms with E-state index in [4.69, 9.17) is 9.47 Å². The molecule has 6 nitrogen and oxygen atoms in total. The quantitative estimate of drug-likeness (QED) is 0.259. The molecule has 0 bridgehead atoms. The predicted octanol–water partition coefficient (Wildman–Crippen LogP) is 1.45. The standard InChI is InChI=1S/C16H32N4O2.HI/c1-17-16(19-8-9-20-10-13-21-14-11-20)18-7-4-12-22-15-5-2-3-6-15;/h15H,2-14H2,1H3,(H2,17,18,19);1H. The molecule has 0 aromatic rings. The Morgan fingerprint density at radius 2 is 1.87 bits per heavy atom. The maximum absolute atomic E-state index is 5.86. The van der Waals surface area contributed by atoms with Gasteiger partial charge in [-0.05, 0) is 19.3 Å². The van der Waals surface area contributed by atoms with Gasteiger partial charge in [-0.3, -0.25) is 9.89 Å². The van der Waals surface area contributed by atoms with Crippen LogP contribution in [0.1, 0.15) is 32.1 Å². The van der Waals surface area contributed by atoms with E-state index < -0.39 is 0 Å². The average Bonchev–Trinajstić information content (AvgIpc) is 3.07. The van der Waals surface area contributed by atoms with E-state index in [1.165, 1.54) is 25.7 Å². The lowest BCUT2D eigenvalue weighted by molar-refractivity contribution is 0.0389. The summed E-state index contributed by atoms with van der Waals surface area (Å²) < 4.78 is 11.2. The van der Waals surface area contributed by atoms with E-state index in [1.807, 2.05) is 7.05 Å². The molecule has 0 radical (unpaired) electrons. The zero-order chi connectivity index (χ0) is 15.5. The fourth-order valence-electron chi connectivity index (χ4n) is 2.96. The van der Waals surface area contributed by atoms with Crippen molar-refractivity contribution in [3.63, 3.8) is 0 Å². The second-order valence-electron chi connectivity index (χ2n) is 6.01. The van der Waals surface area contributed by atoms with Gasteiger partial charge in [0.15, 0.2) is 5.96 Å². The molecule has 0 unspecified atom stereocenters. The Balaban J connectivity index is 0.00000264. The first-order chi connectivity index (χ1) is 10.9. The number of hydrogen-bond acceptors (Lipinski definition) is 4. The molecule has 0 amide bonds. The van der Waals surface area contributed by atoms with Crippen LogP contribution in [0.15, 0.2) is 4.99 Å². The summed E-state index contributed by atoms with van der Waals surface area (Å²) in [5.74, 6) is 0.883. The number of hydrogen-bond donors (Lipinski definition) is 2. The normalized spacial score (nSPS) is 20.3. The van der Waals surface area contributed by atoms with Crippen LogP contribution >= 0.6 is 24.0 Å². The van der Waals surface area contributed by atoms with Crippen LogP contribution in [0, 0.1) is 0 Å². The van der Waals surface area contributed by atoms with Gasteiger partial charge in [0.25, 0.3) is 0 Å². The first-order valence-corrected chi connectivity index (χ1v) is 8.74. The maximum Gasteiger partial charge on any atom is 0.191 e. The Labute approximate surface area is 157 Å². The largest absolute Gasteiger partial charge is 0.379 e. The Bertz CT molecular complexity index is 319. The van der Waals surface area contributed by atoms with Gasteiger partial charge in [0, 0.05) is 46.4 Å². The van der Waals surface area contributed by atoms with Gasteiger partial charge >= 0.3 is 0 Å². The second-order valence-corrected chi connectivity index (χ2v) is 6.01. The van der Waals surface area contributed by atoms with E-state index in [-0.39, 0.29) is 24.0 Å². The molecule has 1 saturated heterocycles. The van der Waals surface area contributed by atoms with Gasteiger partial charge in [0.1, 0.15) is 0 Å². The Morgan fingerprint density at radius 1 is 1.17 bits per heavy atom. The van der Waals surface area contributed by atoms with Crippen LogP contribution in [-0.2, 0) is 9.47 Å². The fraction of sp³-hybridized carbons (Fsp3) is 0.938. The van der Waals surface area contributed by atoms with E-state index in [0.717, 1.165) is 64.9 Å². The van der Waals surface area contributed by atoms with E-state index in [9.17, 15) is 0 Å². The minimum absolute atomic E-state index is 0. The summed E-state index contributed by atoms with van der Waals surface area (Å²) in [6.45, 7) is 7.49. The second kappa shape index (κ2) is 13.2. The molecular formula is C16H33IN4O2. The molecule has 136 valence electrons. The van der Waals surface area contributed by atoms with Crippen LogP contribution in [0.4, 0.5) is 0 Å². The van der Waals surface area contributed by atoms with Gasteiger partial charge in [-0.25, -0.2) is 0 Å². The number of nitrogens with zero attached hydrogens (tertiary/aromatic N) is 2. The highest BCUT2D eigenvalue weighted by molar-refractivity contribution is 14.0. The number of rotatable bonds is 8. The SMILES string of the molecule is CN=C(NCCCOC1CCCC1)NCCN1CCOCC1.I. The van der Waals surface area contributed by atoms with Gasteiger partial charge in [-0.2, -0.15) is 0 Å². The lowest BCUT2D eigenvalue weighted by Gasteiger charge is -2.26. The van der Waals surface area contributed by atoms with E-state index in [2.05, 4.69) is 20.5 Å². The van der Waals surface area contributed by atoms with Crippen LogP contribution in [-0.4, -0.2) is 76.6 Å². The van der Waals surface area contributed by atoms with Crippen molar-refractivity contribution in [2.45, 2.75) is 38.2 Å². The number of morpholine rings is 1. The van der Waals surface area contributed by atoms with Crippen molar-refractivity contribution in [3.05, 3.63) is 0 Å². The minimum atomic E-state index is 0. The average molecular weight is 440 g/mol. The first-order valence-electron chi connectivity index (χ1n) is 8.74. The summed E-state index contributed by atoms with van der Waals surface area (Å²) in [5, 5.41) is 6.71. The molecule has 0 aromatic heterocycles. The van der Waals surface area contributed by atoms with Gasteiger partial charge in [0.05, 0.1) is 19.3 Å². The summed E-state index contributed by atoms with van der Waals surface area (Å²) in [4.78, 5) is 6.67. The number of guanidine groups is 1. The molecule has 7 heteroatoms. The summed E-state index contributed by atoms with van der Waals surface area (Å²) in [6, 6.07) is 0.